The van der Waals surface area contributed by atoms with Crippen LogP contribution in [0.4, 0.5) is 0 Å². The molecule has 0 spiro atoms. The predicted octanol–water partition coefficient (Wildman–Crippen LogP) is 1.18. The van der Waals surface area contributed by atoms with Crippen molar-refractivity contribution in [2.24, 2.45) is 0 Å². The highest BCUT2D eigenvalue weighted by Gasteiger charge is 2.32. The Labute approximate surface area is 116 Å². The van der Waals surface area contributed by atoms with E-state index in [9.17, 15) is 8.42 Å². The first-order chi connectivity index (χ1) is 8.26. The molecule has 6 heteroatoms. The van der Waals surface area contributed by atoms with Crippen molar-refractivity contribution in [2.75, 3.05) is 36.9 Å². The van der Waals surface area contributed by atoms with E-state index >= 15 is 0 Å². The second-order valence-electron chi connectivity index (χ2n) is 5.69. The average molecular weight is 294 g/mol. The summed E-state index contributed by atoms with van der Waals surface area (Å²) in [5, 5.41) is 3.13. The largest absolute Gasteiger partial charge is 0.311 e. The van der Waals surface area contributed by atoms with E-state index in [2.05, 4.69) is 31.0 Å². The van der Waals surface area contributed by atoms with E-state index in [4.69, 9.17) is 0 Å². The van der Waals surface area contributed by atoms with E-state index in [-0.39, 0.29) is 16.7 Å². The summed E-state index contributed by atoms with van der Waals surface area (Å²) in [6.07, 6.45) is 0. The highest BCUT2D eigenvalue weighted by Crippen LogP contribution is 2.20. The molecule has 18 heavy (non-hydrogen) atoms. The molecule has 1 rings (SSSR count). The quantitative estimate of drug-likeness (QED) is 0.825. The van der Waals surface area contributed by atoms with Gasteiger partial charge < -0.3 is 5.32 Å². The van der Waals surface area contributed by atoms with E-state index in [1.165, 1.54) is 0 Å². The van der Waals surface area contributed by atoms with Crippen molar-refractivity contribution < 1.29 is 8.42 Å². The van der Waals surface area contributed by atoms with Gasteiger partial charge in [-0.2, -0.15) is 11.8 Å². The van der Waals surface area contributed by atoms with E-state index in [0.29, 0.717) is 5.75 Å². The lowest BCUT2D eigenvalue weighted by Crippen LogP contribution is -2.51. The maximum Gasteiger partial charge on any atom is 0.166 e. The molecule has 1 N–H and O–H groups in total. The highest BCUT2D eigenvalue weighted by atomic mass is 32.2. The van der Waals surface area contributed by atoms with E-state index in [0.717, 1.165) is 25.4 Å². The van der Waals surface area contributed by atoms with E-state index in [1.807, 2.05) is 0 Å². The van der Waals surface area contributed by atoms with Crippen LogP contribution in [-0.2, 0) is 9.84 Å². The summed E-state index contributed by atoms with van der Waals surface area (Å²) in [7, 11) is -2.96. The van der Waals surface area contributed by atoms with Gasteiger partial charge in [0.2, 0.25) is 0 Å². The molecule has 108 valence electrons. The van der Waals surface area contributed by atoms with Crippen LogP contribution in [0.2, 0.25) is 0 Å². The average Bonchev–Trinajstić information content (AvgIpc) is 2.28. The Kier molecular flexibility index (Phi) is 5.96. The Hall–Kier alpha value is 0.220. The first kappa shape index (κ1) is 16.3. The Bertz CT molecular complexity index is 350. The van der Waals surface area contributed by atoms with Crippen molar-refractivity contribution in [3.63, 3.8) is 0 Å². The molecule has 0 saturated carbocycles. The Morgan fingerprint density at radius 1 is 1.39 bits per heavy atom. The topological polar surface area (TPSA) is 49.4 Å². The van der Waals surface area contributed by atoms with Gasteiger partial charge in [0.05, 0.1) is 0 Å². The van der Waals surface area contributed by atoms with Gasteiger partial charge in [0.1, 0.15) is 5.37 Å². The summed E-state index contributed by atoms with van der Waals surface area (Å²) in [5.74, 6) is 1.98. The highest BCUT2D eigenvalue weighted by molar-refractivity contribution is 8.01. The first-order valence-electron chi connectivity index (χ1n) is 6.54. The summed E-state index contributed by atoms with van der Waals surface area (Å²) in [5.41, 5.74) is 0.0870. The third-order valence-electron chi connectivity index (χ3n) is 3.06. The molecule has 1 aliphatic heterocycles. The van der Waals surface area contributed by atoms with Crippen LogP contribution in [-0.4, -0.2) is 61.1 Å². The van der Waals surface area contributed by atoms with Crippen molar-refractivity contribution in [1.29, 1.82) is 0 Å². The molecule has 4 nitrogen and oxygen atoms in total. The van der Waals surface area contributed by atoms with Gasteiger partial charge in [-0.05, 0) is 20.8 Å². The fourth-order valence-corrected chi connectivity index (χ4v) is 5.08. The van der Waals surface area contributed by atoms with Gasteiger partial charge in [-0.3, -0.25) is 4.90 Å². The second-order valence-corrected chi connectivity index (χ2v) is 9.29. The minimum atomic E-state index is -2.96. The third-order valence-corrected chi connectivity index (χ3v) is 6.39. The Morgan fingerprint density at radius 2 is 2.06 bits per heavy atom. The fraction of sp³-hybridized carbons (Fsp3) is 1.00. The van der Waals surface area contributed by atoms with Crippen LogP contribution in [0.15, 0.2) is 0 Å². The molecule has 1 atom stereocenters. The molecular formula is C12H26N2O2S2. The summed E-state index contributed by atoms with van der Waals surface area (Å²) in [4.78, 5) is 2.12. The molecule has 0 aromatic rings. The minimum absolute atomic E-state index is 0.0870. The van der Waals surface area contributed by atoms with Crippen LogP contribution >= 0.6 is 11.8 Å². The molecule has 0 aliphatic carbocycles. The summed E-state index contributed by atoms with van der Waals surface area (Å²) >= 11 is 1.75. The Morgan fingerprint density at radius 3 is 2.61 bits per heavy atom. The summed E-state index contributed by atoms with van der Waals surface area (Å²) in [6.45, 7) is 10.6. The number of thioether (sulfide) groups is 1. The minimum Gasteiger partial charge on any atom is -0.311 e. The molecule has 0 bridgehead atoms. The third kappa shape index (κ3) is 5.07. The van der Waals surface area contributed by atoms with Crippen LogP contribution in [0.25, 0.3) is 0 Å². The molecule has 1 saturated heterocycles. The normalized spacial score (nSPS) is 23.2. The summed E-state index contributed by atoms with van der Waals surface area (Å²) in [6, 6.07) is 0. The predicted molar refractivity (Wildman–Crippen MR) is 79.9 cm³/mol. The van der Waals surface area contributed by atoms with Crippen molar-refractivity contribution in [3.05, 3.63) is 0 Å². The number of hydrogen-bond donors (Lipinski definition) is 1. The summed E-state index contributed by atoms with van der Waals surface area (Å²) < 4.78 is 24.1. The number of hydrogen-bond acceptors (Lipinski definition) is 5. The van der Waals surface area contributed by atoms with E-state index < -0.39 is 9.84 Å². The molecule has 0 radical (unpaired) electrons. The van der Waals surface area contributed by atoms with Crippen LogP contribution in [0, 0.1) is 0 Å². The van der Waals surface area contributed by atoms with Crippen molar-refractivity contribution in [2.45, 2.75) is 38.6 Å². The van der Waals surface area contributed by atoms with Gasteiger partial charge >= 0.3 is 0 Å². The van der Waals surface area contributed by atoms with Crippen molar-refractivity contribution in [3.8, 4) is 0 Å². The Balaban J connectivity index is 2.56. The fourth-order valence-electron chi connectivity index (χ4n) is 1.97. The van der Waals surface area contributed by atoms with Crippen LogP contribution in [0.1, 0.15) is 27.7 Å². The monoisotopic (exact) mass is 294 g/mol. The van der Waals surface area contributed by atoms with Crippen molar-refractivity contribution in [1.82, 2.24) is 10.2 Å². The van der Waals surface area contributed by atoms with Crippen molar-refractivity contribution >= 4 is 21.6 Å². The first-order valence-corrected chi connectivity index (χ1v) is 9.41. The second kappa shape index (κ2) is 6.59. The number of nitrogens with one attached hydrogen (secondary N) is 1. The lowest BCUT2D eigenvalue weighted by atomic mass is 10.1. The molecule has 1 unspecified atom stereocenters. The smallest absolute Gasteiger partial charge is 0.166 e. The maximum atomic E-state index is 12.0. The molecule has 1 aliphatic rings. The maximum absolute atomic E-state index is 12.0. The molecule has 0 aromatic carbocycles. The zero-order valence-electron chi connectivity index (χ0n) is 11.9. The standard InChI is InChI=1S/C12H26N2O2S2/c1-5-18(15,16)11-10-17-9-8-14(11)7-6-13-12(2,3)4/h11,13H,5-10H2,1-4H3. The molecule has 1 fully saturated rings. The SMILES string of the molecule is CCS(=O)(=O)C1CSCCN1CCNC(C)(C)C. The van der Waals surface area contributed by atoms with Gasteiger partial charge in [-0.1, -0.05) is 6.92 Å². The number of nitrogens with zero attached hydrogens (tertiary/aromatic N) is 1. The van der Waals surface area contributed by atoms with Crippen LogP contribution < -0.4 is 5.32 Å². The number of rotatable bonds is 5. The van der Waals surface area contributed by atoms with Gasteiger partial charge in [0.25, 0.3) is 0 Å². The van der Waals surface area contributed by atoms with E-state index in [1.54, 1.807) is 18.7 Å². The molecule has 0 amide bonds. The zero-order valence-corrected chi connectivity index (χ0v) is 13.5. The van der Waals surface area contributed by atoms with Crippen LogP contribution in [0.3, 0.4) is 0 Å². The lowest BCUT2D eigenvalue weighted by Gasteiger charge is -2.35. The van der Waals surface area contributed by atoms with Gasteiger partial charge in [0.15, 0.2) is 9.84 Å². The van der Waals surface area contributed by atoms with Gasteiger partial charge in [0, 0.05) is 42.4 Å². The number of sulfone groups is 1. The molecule has 1 heterocycles. The molecular weight excluding hydrogens is 268 g/mol. The van der Waals surface area contributed by atoms with Crippen LogP contribution in [0.5, 0.6) is 0 Å². The lowest BCUT2D eigenvalue weighted by molar-refractivity contribution is 0.258. The zero-order chi connectivity index (χ0) is 13.8. The van der Waals surface area contributed by atoms with Gasteiger partial charge in [-0.25, -0.2) is 8.42 Å². The molecule has 0 aromatic heterocycles. The van der Waals surface area contributed by atoms with Gasteiger partial charge in [-0.15, -0.1) is 0 Å².